The Labute approximate surface area is 115 Å². The van der Waals surface area contributed by atoms with E-state index in [4.69, 9.17) is 10.6 Å². The van der Waals surface area contributed by atoms with Crippen LogP contribution in [0.2, 0.25) is 0 Å². The third-order valence-electron chi connectivity index (χ3n) is 4.18. The first-order valence-corrected chi connectivity index (χ1v) is 7.28. The van der Waals surface area contributed by atoms with E-state index in [1.54, 1.807) is 0 Å². The zero-order valence-corrected chi connectivity index (χ0v) is 12.3. The fraction of sp³-hybridized carbons (Fsp3) is 0.786. The highest BCUT2D eigenvalue weighted by atomic mass is 16.5. The standard InChI is InChI=1S/C14H26N4O/c1-4-11-9-12(18(5-2)17-11)10-13(16-15)14(3)7-6-8-19-14/h9,13,16H,4-8,10,15H2,1-3H3. The smallest absolute Gasteiger partial charge is 0.0824 e. The molecule has 0 bridgehead atoms. The number of nitrogens with zero attached hydrogens (tertiary/aromatic N) is 2. The van der Waals surface area contributed by atoms with Crippen molar-refractivity contribution in [3.63, 3.8) is 0 Å². The van der Waals surface area contributed by atoms with Crippen molar-refractivity contribution in [2.24, 2.45) is 5.84 Å². The Bertz CT molecular complexity index is 410. The van der Waals surface area contributed by atoms with Gasteiger partial charge in [-0.15, -0.1) is 0 Å². The van der Waals surface area contributed by atoms with E-state index >= 15 is 0 Å². The number of hydrazine groups is 1. The predicted molar refractivity (Wildman–Crippen MR) is 75.7 cm³/mol. The van der Waals surface area contributed by atoms with E-state index < -0.39 is 0 Å². The van der Waals surface area contributed by atoms with Gasteiger partial charge in [0.1, 0.15) is 0 Å². The summed E-state index contributed by atoms with van der Waals surface area (Å²) >= 11 is 0. The van der Waals surface area contributed by atoms with Gasteiger partial charge in [0.05, 0.1) is 17.3 Å². The molecule has 1 fully saturated rings. The molecule has 2 atom stereocenters. The lowest BCUT2D eigenvalue weighted by molar-refractivity contribution is -0.0119. The summed E-state index contributed by atoms with van der Waals surface area (Å²) in [6, 6.07) is 2.31. The summed E-state index contributed by atoms with van der Waals surface area (Å²) in [6.45, 7) is 8.13. The van der Waals surface area contributed by atoms with Crippen molar-refractivity contribution in [1.29, 1.82) is 0 Å². The molecule has 0 saturated carbocycles. The highest BCUT2D eigenvalue weighted by molar-refractivity contribution is 5.13. The van der Waals surface area contributed by atoms with Gasteiger partial charge in [0.25, 0.3) is 0 Å². The maximum Gasteiger partial charge on any atom is 0.0824 e. The molecule has 1 aliphatic heterocycles. The van der Waals surface area contributed by atoms with Crippen LogP contribution in [0.1, 0.15) is 45.0 Å². The van der Waals surface area contributed by atoms with Crippen molar-refractivity contribution in [2.45, 2.75) is 64.6 Å². The van der Waals surface area contributed by atoms with Gasteiger partial charge in [-0.25, -0.2) is 0 Å². The number of aromatic nitrogens is 2. The molecule has 1 aromatic heterocycles. The topological polar surface area (TPSA) is 65.1 Å². The summed E-state index contributed by atoms with van der Waals surface area (Å²) in [5, 5.41) is 4.59. The molecule has 0 aromatic carbocycles. The van der Waals surface area contributed by atoms with Gasteiger partial charge in [0.15, 0.2) is 0 Å². The minimum Gasteiger partial charge on any atom is -0.374 e. The van der Waals surface area contributed by atoms with Crippen LogP contribution in [-0.4, -0.2) is 28.0 Å². The Hall–Kier alpha value is -0.910. The SMILES string of the molecule is CCc1cc(CC(NN)C2(C)CCCO2)n(CC)n1. The molecule has 2 unspecified atom stereocenters. The van der Waals surface area contributed by atoms with Gasteiger partial charge < -0.3 is 4.74 Å². The molecule has 2 rings (SSSR count). The molecule has 19 heavy (non-hydrogen) atoms. The van der Waals surface area contributed by atoms with Crippen LogP contribution in [-0.2, 0) is 24.1 Å². The fourth-order valence-corrected chi connectivity index (χ4v) is 2.86. The summed E-state index contributed by atoms with van der Waals surface area (Å²) < 4.78 is 7.97. The number of hydrogen-bond donors (Lipinski definition) is 2. The molecular weight excluding hydrogens is 240 g/mol. The zero-order chi connectivity index (χ0) is 13.9. The molecule has 0 radical (unpaired) electrons. The van der Waals surface area contributed by atoms with Gasteiger partial charge in [-0.1, -0.05) is 6.92 Å². The van der Waals surface area contributed by atoms with Crippen molar-refractivity contribution < 1.29 is 4.74 Å². The molecule has 108 valence electrons. The third-order valence-corrected chi connectivity index (χ3v) is 4.18. The van der Waals surface area contributed by atoms with Crippen LogP contribution in [0.3, 0.4) is 0 Å². The molecule has 0 amide bonds. The quantitative estimate of drug-likeness (QED) is 0.603. The molecular formula is C14H26N4O. The molecule has 0 spiro atoms. The van der Waals surface area contributed by atoms with Crippen LogP contribution < -0.4 is 11.3 Å². The largest absolute Gasteiger partial charge is 0.374 e. The zero-order valence-electron chi connectivity index (χ0n) is 12.3. The number of hydrogen-bond acceptors (Lipinski definition) is 4. The van der Waals surface area contributed by atoms with E-state index in [2.05, 4.69) is 42.0 Å². The Kier molecular flexibility index (Phi) is 4.60. The first-order chi connectivity index (χ1) is 9.12. The van der Waals surface area contributed by atoms with Crippen molar-refractivity contribution in [1.82, 2.24) is 15.2 Å². The minimum atomic E-state index is -0.163. The van der Waals surface area contributed by atoms with E-state index in [1.165, 1.54) is 5.69 Å². The molecule has 1 saturated heterocycles. The predicted octanol–water partition coefficient (Wildman–Crippen LogP) is 1.41. The summed E-state index contributed by atoms with van der Waals surface area (Å²) in [5.41, 5.74) is 5.16. The van der Waals surface area contributed by atoms with Crippen molar-refractivity contribution in [3.05, 3.63) is 17.5 Å². The first-order valence-electron chi connectivity index (χ1n) is 7.28. The van der Waals surface area contributed by atoms with Gasteiger partial charge in [-0.2, -0.15) is 5.10 Å². The second kappa shape index (κ2) is 6.03. The van der Waals surface area contributed by atoms with Gasteiger partial charge in [0, 0.05) is 25.3 Å². The van der Waals surface area contributed by atoms with Crippen molar-refractivity contribution >= 4 is 0 Å². The number of aryl methyl sites for hydroxylation is 2. The maximum atomic E-state index is 5.90. The highest BCUT2D eigenvalue weighted by Crippen LogP contribution is 2.30. The minimum absolute atomic E-state index is 0.127. The van der Waals surface area contributed by atoms with Crippen molar-refractivity contribution in [2.75, 3.05) is 6.61 Å². The van der Waals surface area contributed by atoms with Gasteiger partial charge in [0.2, 0.25) is 0 Å². The number of nitrogens with two attached hydrogens (primary N) is 1. The van der Waals surface area contributed by atoms with Crippen LogP contribution in [0.5, 0.6) is 0 Å². The second-order valence-corrected chi connectivity index (χ2v) is 5.48. The van der Waals surface area contributed by atoms with E-state index in [1.807, 2.05) is 0 Å². The molecule has 5 heteroatoms. The van der Waals surface area contributed by atoms with Crippen molar-refractivity contribution in [3.8, 4) is 0 Å². The highest BCUT2D eigenvalue weighted by Gasteiger charge is 2.38. The summed E-state index contributed by atoms with van der Waals surface area (Å²) in [4.78, 5) is 0. The van der Waals surface area contributed by atoms with Gasteiger partial charge in [-0.05, 0) is 39.2 Å². The molecule has 2 heterocycles. The molecule has 1 aliphatic rings. The van der Waals surface area contributed by atoms with Crippen LogP contribution in [0.4, 0.5) is 0 Å². The second-order valence-electron chi connectivity index (χ2n) is 5.48. The summed E-state index contributed by atoms with van der Waals surface area (Å²) in [6.07, 6.45) is 3.99. The summed E-state index contributed by atoms with van der Waals surface area (Å²) in [7, 11) is 0. The number of ether oxygens (including phenoxy) is 1. The average Bonchev–Trinajstić information content (AvgIpc) is 3.02. The van der Waals surface area contributed by atoms with E-state index in [-0.39, 0.29) is 11.6 Å². The van der Waals surface area contributed by atoms with Crippen LogP contribution in [0, 0.1) is 0 Å². The molecule has 0 aliphatic carbocycles. The van der Waals surface area contributed by atoms with E-state index in [9.17, 15) is 0 Å². The maximum absolute atomic E-state index is 5.90. The first kappa shape index (κ1) is 14.5. The van der Waals surface area contributed by atoms with E-state index in [0.29, 0.717) is 0 Å². The fourth-order valence-electron chi connectivity index (χ4n) is 2.86. The third kappa shape index (κ3) is 2.99. The molecule has 3 N–H and O–H groups in total. The Morgan fingerprint density at radius 3 is 2.89 bits per heavy atom. The lowest BCUT2D eigenvalue weighted by Gasteiger charge is -2.32. The van der Waals surface area contributed by atoms with E-state index in [0.717, 1.165) is 44.5 Å². The summed E-state index contributed by atoms with van der Waals surface area (Å²) in [5.74, 6) is 5.76. The lowest BCUT2D eigenvalue weighted by atomic mass is 9.90. The van der Waals surface area contributed by atoms with Gasteiger partial charge >= 0.3 is 0 Å². The van der Waals surface area contributed by atoms with Crippen LogP contribution in [0.25, 0.3) is 0 Å². The Balaban J connectivity index is 2.15. The van der Waals surface area contributed by atoms with Gasteiger partial charge in [-0.3, -0.25) is 16.0 Å². The Morgan fingerprint density at radius 1 is 1.58 bits per heavy atom. The monoisotopic (exact) mass is 266 g/mol. The molecule has 5 nitrogen and oxygen atoms in total. The van der Waals surface area contributed by atoms with Crippen LogP contribution >= 0.6 is 0 Å². The average molecular weight is 266 g/mol. The molecule has 1 aromatic rings. The Morgan fingerprint density at radius 2 is 2.37 bits per heavy atom. The van der Waals surface area contributed by atoms with Crippen LogP contribution in [0.15, 0.2) is 6.07 Å². The lowest BCUT2D eigenvalue weighted by Crippen LogP contribution is -2.52. The number of rotatable bonds is 6. The number of nitrogens with one attached hydrogen (secondary N) is 1. The normalized spacial score (nSPS) is 24.8.